The average Bonchev–Trinajstić information content (AvgIpc) is 3.25. The first-order chi connectivity index (χ1) is 18.7. The van der Waals surface area contributed by atoms with Crippen molar-refractivity contribution in [1.29, 1.82) is 5.26 Å². The van der Waals surface area contributed by atoms with Gasteiger partial charge in [0, 0.05) is 74.2 Å². The second kappa shape index (κ2) is 8.61. The minimum absolute atomic E-state index is 0.0356. The normalized spacial score (nSPS) is 26.0. The third-order valence-electron chi connectivity index (χ3n) is 8.26. The molecule has 2 atom stereocenters. The van der Waals surface area contributed by atoms with E-state index in [2.05, 4.69) is 45.7 Å². The van der Waals surface area contributed by atoms with Gasteiger partial charge < -0.3 is 25.0 Å². The van der Waals surface area contributed by atoms with Gasteiger partial charge in [-0.3, -0.25) is 14.9 Å². The number of rotatable bonds is 4. The third-order valence-corrected chi connectivity index (χ3v) is 8.26. The van der Waals surface area contributed by atoms with E-state index in [0.717, 1.165) is 68.3 Å². The molecule has 9 heteroatoms. The number of ether oxygens (including phenoxy) is 2. The van der Waals surface area contributed by atoms with Gasteiger partial charge >= 0.3 is 0 Å². The van der Waals surface area contributed by atoms with Gasteiger partial charge in [-0.25, -0.2) is 0 Å². The van der Waals surface area contributed by atoms with E-state index in [4.69, 9.17) is 21.6 Å². The molecule has 9 nitrogen and oxygen atoms in total. The number of benzene rings is 1. The summed E-state index contributed by atoms with van der Waals surface area (Å²) in [6.07, 6.45) is 2.23. The molecule has 38 heavy (non-hydrogen) atoms. The zero-order valence-corrected chi connectivity index (χ0v) is 21.9. The Balaban J connectivity index is 1.04. The van der Waals surface area contributed by atoms with Gasteiger partial charge in [0.2, 0.25) is 0 Å². The number of hydrogen-bond acceptors (Lipinski definition) is 9. The largest absolute Gasteiger partial charge is 0.370 e. The van der Waals surface area contributed by atoms with Gasteiger partial charge in [-0.2, -0.15) is 5.26 Å². The van der Waals surface area contributed by atoms with Crippen molar-refractivity contribution in [1.82, 2.24) is 14.9 Å². The molecule has 2 aromatic heterocycles. The molecule has 0 aliphatic carbocycles. The number of nitriles is 1. The van der Waals surface area contributed by atoms with Crippen LogP contribution < -0.4 is 15.5 Å². The van der Waals surface area contributed by atoms with Gasteiger partial charge in [0.15, 0.2) is 0 Å². The molecule has 0 radical (unpaired) electrons. The minimum atomic E-state index is -0.325. The molecule has 196 valence electrons. The highest BCUT2D eigenvalue weighted by atomic mass is 16.5. The highest BCUT2D eigenvalue weighted by Crippen LogP contribution is 2.44. The van der Waals surface area contributed by atoms with Crippen LogP contribution in [-0.2, 0) is 21.7 Å². The standard InChI is InChI=1S/C29H33N7O2/c1-19-11-35(25-6-5-20(9-30)26-24(25)4-3-7-32-26)13-23(38-19)12-34-17-29(18-34)27-21(14-37-29)8-22(10-33-27)36-15-28(2,31)16-36/h3-8,10,19,23H,11-18,31H2,1-2H3/t19-,23+/m1/s1/i7D. The van der Waals surface area contributed by atoms with Crippen LogP contribution in [0.25, 0.3) is 10.9 Å². The highest BCUT2D eigenvalue weighted by molar-refractivity contribution is 5.95. The second-order valence-electron chi connectivity index (χ2n) is 11.7. The molecule has 4 aliphatic heterocycles. The fourth-order valence-corrected chi connectivity index (χ4v) is 6.63. The first kappa shape index (κ1) is 22.7. The Morgan fingerprint density at radius 2 is 2.03 bits per heavy atom. The number of aromatic nitrogens is 2. The zero-order chi connectivity index (χ0) is 26.9. The SMILES string of the molecule is [2H]c1ccc2c(N3C[C@H](CN4CC5(C4)OCc4cc(N6CC(C)(N)C6)cnc45)O[C@H](C)C3)ccc(C#N)c2n1. The number of fused-ring (bicyclic) bond motifs is 3. The van der Waals surface area contributed by atoms with Crippen LogP contribution in [0.4, 0.5) is 11.4 Å². The van der Waals surface area contributed by atoms with E-state index in [0.29, 0.717) is 17.7 Å². The molecule has 0 bridgehead atoms. The Bertz CT molecular complexity index is 1490. The predicted octanol–water partition coefficient (Wildman–Crippen LogP) is 2.37. The van der Waals surface area contributed by atoms with Crippen molar-refractivity contribution < 1.29 is 10.8 Å². The quantitative estimate of drug-likeness (QED) is 0.564. The predicted molar refractivity (Wildman–Crippen MR) is 145 cm³/mol. The van der Waals surface area contributed by atoms with Crippen LogP contribution in [0.2, 0.25) is 0 Å². The Labute approximate surface area is 224 Å². The van der Waals surface area contributed by atoms with E-state index < -0.39 is 0 Å². The topological polar surface area (TPSA) is 104 Å². The summed E-state index contributed by atoms with van der Waals surface area (Å²) >= 11 is 0. The van der Waals surface area contributed by atoms with Gasteiger partial charge in [0.25, 0.3) is 0 Å². The molecule has 2 N–H and O–H groups in total. The second-order valence-corrected chi connectivity index (χ2v) is 11.7. The summed E-state index contributed by atoms with van der Waals surface area (Å²) in [6, 6.07) is 11.8. The molecule has 7 rings (SSSR count). The van der Waals surface area contributed by atoms with E-state index in [1.807, 2.05) is 24.4 Å². The number of pyridine rings is 2. The molecule has 6 heterocycles. The summed E-state index contributed by atoms with van der Waals surface area (Å²) in [4.78, 5) is 16.2. The lowest BCUT2D eigenvalue weighted by atomic mass is 9.88. The molecular weight excluding hydrogens is 478 g/mol. The van der Waals surface area contributed by atoms with Crippen molar-refractivity contribution in [3.05, 3.63) is 59.5 Å². The van der Waals surface area contributed by atoms with Crippen molar-refractivity contribution in [2.75, 3.05) is 55.6 Å². The first-order valence-corrected chi connectivity index (χ1v) is 13.3. The average molecular weight is 513 g/mol. The molecule has 0 saturated carbocycles. The third kappa shape index (κ3) is 3.91. The minimum Gasteiger partial charge on any atom is -0.370 e. The molecule has 3 saturated heterocycles. The van der Waals surface area contributed by atoms with Crippen LogP contribution in [-0.4, -0.2) is 78.4 Å². The number of likely N-dealkylation sites (tertiary alicyclic amines) is 1. The van der Waals surface area contributed by atoms with Crippen molar-refractivity contribution in [3.8, 4) is 6.07 Å². The molecular formula is C29H33N7O2. The summed E-state index contributed by atoms with van der Waals surface area (Å²) < 4.78 is 20.6. The first-order valence-electron chi connectivity index (χ1n) is 13.8. The number of hydrogen-bond donors (Lipinski definition) is 1. The number of nitrogens with two attached hydrogens (primary N) is 1. The maximum absolute atomic E-state index is 9.55. The van der Waals surface area contributed by atoms with Gasteiger partial charge in [-0.05, 0) is 44.2 Å². The van der Waals surface area contributed by atoms with Crippen LogP contribution in [0.5, 0.6) is 0 Å². The molecule has 0 amide bonds. The number of morpholine rings is 1. The molecule has 3 aromatic rings. The van der Waals surface area contributed by atoms with Crippen LogP contribution in [0, 0.1) is 11.3 Å². The lowest BCUT2D eigenvalue weighted by Crippen LogP contribution is -2.65. The van der Waals surface area contributed by atoms with E-state index in [1.165, 1.54) is 5.56 Å². The van der Waals surface area contributed by atoms with Gasteiger partial charge in [-0.1, -0.05) is 0 Å². The monoisotopic (exact) mass is 512 g/mol. The number of anilines is 2. The summed E-state index contributed by atoms with van der Waals surface area (Å²) in [5.41, 5.74) is 11.2. The molecule has 0 unspecified atom stereocenters. The molecule has 3 fully saturated rings. The van der Waals surface area contributed by atoms with Crippen molar-refractivity contribution >= 4 is 22.3 Å². The van der Waals surface area contributed by atoms with Crippen LogP contribution in [0.15, 0.2) is 42.7 Å². The van der Waals surface area contributed by atoms with Crippen LogP contribution in [0.1, 0.15) is 32.0 Å². The van der Waals surface area contributed by atoms with E-state index in [9.17, 15) is 5.26 Å². The van der Waals surface area contributed by atoms with E-state index >= 15 is 0 Å². The van der Waals surface area contributed by atoms with Gasteiger partial charge in [0.1, 0.15) is 11.7 Å². The smallest absolute Gasteiger partial charge is 0.136 e. The summed E-state index contributed by atoms with van der Waals surface area (Å²) in [6.45, 7) is 10.4. The molecule has 1 aromatic carbocycles. The fraction of sp³-hybridized carbons (Fsp3) is 0.483. The summed E-state index contributed by atoms with van der Waals surface area (Å²) in [5.74, 6) is 0. The maximum atomic E-state index is 9.55. The Morgan fingerprint density at radius 1 is 1.18 bits per heavy atom. The van der Waals surface area contributed by atoms with Crippen molar-refractivity contribution in [2.24, 2.45) is 5.73 Å². The summed E-state index contributed by atoms with van der Waals surface area (Å²) in [5, 5.41) is 10.5. The van der Waals surface area contributed by atoms with Gasteiger partial charge in [0.05, 0.1) is 48.8 Å². The van der Waals surface area contributed by atoms with Crippen molar-refractivity contribution in [3.63, 3.8) is 0 Å². The Morgan fingerprint density at radius 3 is 2.82 bits per heavy atom. The lowest BCUT2D eigenvalue weighted by molar-refractivity contribution is -0.157. The lowest BCUT2D eigenvalue weighted by Gasteiger charge is -2.49. The van der Waals surface area contributed by atoms with E-state index in [-0.39, 0.29) is 29.5 Å². The zero-order valence-electron chi connectivity index (χ0n) is 22.9. The Hall–Kier alpha value is -3.29. The van der Waals surface area contributed by atoms with Crippen LogP contribution in [0.3, 0.4) is 0 Å². The molecule has 4 aliphatic rings. The maximum Gasteiger partial charge on any atom is 0.136 e. The van der Waals surface area contributed by atoms with Crippen LogP contribution >= 0.6 is 0 Å². The summed E-state index contributed by atoms with van der Waals surface area (Å²) in [7, 11) is 0. The fourth-order valence-electron chi connectivity index (χ4n) is 6.63. The van der Waals surface area contributed by atoms with Gasteiger partial charge in [-0.15, -0.1) is 0 Å². The highest BCUT2D eigenvalue weighted by Gasteiger charge is 2.52. The Kier molecular flexibility index (Phi) is 5.14. The van der Waals surface area contributed by atoms with E-state index in [1.54, 1.807) is 6.07 Å². The molecule has 1 spiro atoms. The number of nitrogens with zero attached hydrogens (tertiary/aromatic N) is 6. The van der Waals surface area contributed by atoms with Crippen molar-refractivity contribution in [2.45, 2.75) is 43.8 Å².